The normalized spacial score (nSPS) is 23.3. The Morgan fingerprint density at radius 1 is 1.37 bits per heavy atom. The van der Waals surface area contributed by atoms with Gasteiger partial charge in [0, 0.05) is 0 Å². The molecule has 1 heterocycles. The van der Waals surface area contributed by atoms with Crippen molar-refractivity contribution in [3.63, 3.8) is 0 Å². The highest BCUT2D eigenvalue weighted by Crippen LogP contribution is 2.20. The van der Waals surface area contributed by atoms with E-state index >= 15 is 0 Å². The summed E-state index contributed by atoms with van der Waals surface area (Å²) in [5.41, 5.74) is 0.488. The van der Waals surface area contributed by atoms with Gasteiger partial charge in [0.25, 0.3) is 6.43 Å². The van der Waals surface area contributed by atoms with E-state index in [9.17, 15) is 13.6 Å². The molecule has 0 radical (unpaired) electrons. The number of halogens is 2. The lowest BCUT2D eigenvalue weighted by Crippen LogP contribution is -2.43. The predicted molar refractivity (Wildman–Crippen MR) is 67.2 cm³/mol. The average Bonchev–Trinajstić information content (AvgIpc) is 2.46. The summed E-state index contributed by atoms with van der Waals surface area (Å²) in [6, 6.07) is 7.90. The summed E-state index contributed by atoms with van der Waals surface area (Å²) in [5.74, 6) is -0.388. The Morgan fingerprint density at radius 3 is 2.79 bits per heavy atom. The number of alkyl halides is 2. The summed E-state index contributed by atoms with van der Waals surface area (Å²) in [4.78, 5) is 11.7. The third-order valence-corrected chi connectivity index (χ3v) is 3.31. The Morgan fingerprint density at radius 2 is 2.11 bits per heavy atom. The average molecular weight is 269 g/mol. The molecule has 0 spiro atoms. The minimum Gasteiger partial charge on any atom is -0.462 e. The Bertz CT molecular complexity index is 411. The lowest BCUT2D eigenvalue weighted by atomic mass is 9.93. The molecule has 0 bridgehead atoms. The standard InChI is InChI=1S/C14H17F2NO2/c15-13(16)12-8-10(6-7-17-12)9-19-14(18)11-4-2-1-3-5-11/h1-5,10,12-13,17H,6-9H2. The number of hydrogen-bond acceptors (Lipinski definition) is 3. The molecule has 1 aliphatic heterocycles. The van der Waals surface area contributed by atoms with Gasteiger partial charge in [0.1, 0.15) is 0 Å². The largest absolute Gasteiger partial charge is 0.462 e. The molecule has 2 rings (SSSR count). The molecule has 1 saturated heterocycles. The van der Waals surface area contributed by atoms with E-state index in [1.165, 1.54) is 0 Å². The second-order valence-electron chi connectivity index (χ2n) is 4.75. The van der Waals surface area contributed by atoms with Crippen molar-refractivity contribution in [1.82, 2.24) is 5.32 Å². The molecule has 0 aliphatic carbocycles. The van der Waals surface area contributed by atoms with Crippen molar-refractivity contribution in [2.45, 2.75) is 25.3 Å². The third kappa shape index (κ3) is 3.99. The van der Waals surface area contributed by atoms with Gasteiger partial charge < -0.3 is 10.1 Å². The lowest BCUT2D eigenvalue weighted by molar-refractivity contribution is 0.0299. The minimum absolute atomic E-state index is 0.00733. The van der Waals surface area contributed by atoms with Gasteiger partial charge in [-0.2, -0.15) is 0 Å². The van der Waals surface area contributed by atoms with Crippen molar-refractivity contribution in [2.24, 2.45) is 5.92 Å². The molecular formula is C14H17F2NO2. The van der Waals surface area contributed by atoms with Gasteiger partial charge >= 0.3 is 5.97 Å². The number of carbonyl (C=O) groups excluding carboxylic acids is 1. The van der Waals surface area contributed by atoms with Crippen LogP contribution in [0.2, 0.25) is 0 Å². The van der Waals surface area contributed by atoms with Crippen molar-refractivity contribution >= 4 is 5.97 Å². The second kappa shape index (κ2) is 6.61. The van der Waals surface area contributed by atoms with Gasteiger partial charge in [0.2, 0.25) is 0 Å². The van der Waals surface area contributed by atoms with Crippen LogP contribution in [0.1, 0.15) is 23.2 Å². The summed E-state index contributed by atoms with van der Waals surface area (Å²) in [5, 5.41) is 2.78. The Hall–Kier alpha value is -1.49. The molecule has 1 fully saturated rings. The minimum atomic E-state index is -2.37. The van der Waals surface area contributed by atoms with E-state index in [-0.39, 0.29) is 12.5 Å². The fourth-order valence-corrected chi connectivity index (χ4v) is 2.23. The van der Waals surface area contributed by atoms with E-state index in [0.717, 1.165) is 6.42 Å². The van der Waals surface area contributed by atoms with Crippen molar-refractivity contribution in [1.29, 1.82) is 0 Å². The Balaban J connectivity index is 1.80. The van der Waals surface area contributed by atoms with Crippen LogP contribution in [0.15, 0.2) is 30.3 Å². The van der Waals surface area contributed by atoms with Gasteiger partial charge in [-0.1, -0.05) is 18.2 Å². The third-order valence-electron chi connectivity index (χ3n) is 3.31. The molecular weight excluding hydrogens is 252 g/mol. The zero-order valence-electron chi connectivity index (χ0n) is 10.5. The Labute approximate surface area is 111 Å². The molecule has 0 saturated carbocycles. The van der Waals surface area contributed by atoms with E-state index in [2.05, 4.69) is 5.32 Å². The molecule has 104 valence electrons. The number of carbonyl (C=O) groups is 1. The molecule has 3 nitrogen and oxygen atoms in total. The van der Waals surface area contributed by atoms with Gasteiger partial charge in [-0.25, -0.2) is 13.6 Å². The van der Waals surface area contributed by atoms with Crippen molar-refractivity contribution in [3.8, 4) is 0 Å². The van der Waals surface area contributed by atoms with E-state index in [4.69, 9.17) is 4.74 Å². The monoisotopic (exact) mass is 269 g/mol. The number of nitrogens with one attached hydrogen (secondary N) is 1. The van der Waals surface area contributed by atoms with Crippen molar-refractivity contribution < 1.29 is 18.3 Å². The van der Waals surface area contributed by atoms with Gasteiger partial charge in [0.15, 0.2) is 0 Å². The quantitative estimate of drug-likeness (QED) is 0.853. The number of ether oxygens (including phenoxy) is 1. The number of esters is 1. The highest BCUT2D eigenvalue weighted by molar-refractivity contribution is 5.89. The first-order valence-corrected chi connectivity index (χ1v) is 6.40. The van der Waals surface area contributed by atoms with E-state index in [1.807, 2.05) is 6.07 Å². The van der Waals surface area contributed by atoms with Crippen molar-refractivity contribution in [3.05, 3.63) is 35.9 Å². The van der Waals surface area contributed by atoms with Gasteiger partial charge in [-0.05, 0) is 37.4 Å². The first-order valence-electron chi connectivity index (χ1n) is 6.40. The fraction of sp³-hybridized carbons (Fsp3) is 0.500. The van der Waals surface area contributed by atoms with Gasteiger partial charge in [0.05, 0.1) is 18.2 Å². The maximum atomic E-state index is 12.6. The summed E-state index contributed by atoms with van der Waals surface area (Å²) >= 11 is 0. The van der Waals surface area contributed by atoms with Crippen LogP contribution in [0.3, 0.4) is 0 Å². The van der Waals surface area contributed by atoms with Crippen LogP contribution in [0.5, 0.6) is 0 Å². The number of hydrogen-bond donors (Lipinski definition) is 1. The Kier molecular flexibility index (Phi) is 4.85. The smallest absolute Gasteiger partial charge is 0.338 e. The van der Waals surface area contributed by atoms with Crippen LogP contribution in [0, 0.1) is 5.92 Å². The van der Waals surface area contributed by atoms with Crippen molar-refractivity contribution in [2.75, 3.05) is 13.2 Å². The second-order valence-corrected chi connectivity index (χ2v) is 4.75. The summed E-state index contributed by atoms with van der Waals surface area (Å²) < 4.78 is 30.4. The molecule has 1 aliphatic rings. The number of benzene rings is 1. The first-order chi connectivity index (χ1) is 9.16. The SMILES string of the molecule is O=C(OCC1CCNC(C(F)F)C1)c1ccccc1. The van der Waals surface area contributed by atoms with Crippen LogP contribution in [-0.2, 0) is 4.74 Å². The maximum absolute atomic E-state index is 12.6. The summed E-state index contributed by atoms with van der Waals surface area (Å²) in [7, 11) is 0. The molecule has 0 aromatic heterocycles. The highest BCUT2D eigenvalue weighted by Gasteiger charge is 2.28. The summed E-state index contributed by atoms with van der Waals surface area (Å²) in [6.45, 7) is 0.751. The molecule has 1 aromatic rings. The molecule has 1 N–H and O–H groups in total. The van der Waals surface area contributed by atoms with Crippen LogP contribution in [-0.4, -0.2) is 31.6 Å². The van der Waals surface area contributed by atoms with E-state index in [1.54, 1.807) is 24.3 Å². The molecule has 0 amide bonds. The predicted octanol–water partition coefficient (Wildman–Crippen LogP) is 2.48. The lowest BCUT2D eigenvalue weighted by Gasteiger charge is -2.29. The van der Waals surface area contributed by atoms with Gasteiger partial charge in [-0.3, -0.25) is 0 Å². The zero-order chi connectivity index (χ0) is 13.7. The molecule has 1 aromatic carbocycles. The maximum Gasteiger partial charge on any atom is 0.338 e. The molecule has 2 unspecified atom stereocenters. The fourth-order valence-electron chi connectivity index (χ4n) is 2.23. The topological polar surface area (TPSA) is 38.3 Å². The van der Waals surface area contributed by atoms with Crippen LogP contribution < -0.4 is 5.32 Å². The van der Waals surface area contributed by atoms with Crippen LogP contribution in [0.4, 0.5) is 8.78 Å². The van der Waals surface area contributed by atoms with Gasteiger partial charge in [-0.15, -0.1) is 0 Å². The summed E-state index contributed by atoms with van der Waals surface area (Å²) in [6.07, 6.45) is -1.27. The zero-order valence-corrected chi connectivity index (χ0v) is 10.5. The van der Waals surface area contributed by atoms with Crippen LogP contribution >= 0.6 is 0 Å². The number of piperidine rings is 1. The molecule has 2 atom stereocenters. The first kappa shape index (κ1) is 13.9. The van der Waals surface area contributed by atoms with E-state index in [0.29, 0.717) is 18.5 Å². The van der Waals surface area contributed by atoms with E-state index < -0.39 is 18.4 Å². The number of rotatable bonds is 4. The molecule has 5 heteroatoms. The van der Waals surface area contributed by atoms with Crippen LogP contribution in [0.25, 0.3) is 0 Å². The molecule has 19 heavy (non-hydrogen) atoms. The highest BCUT2D eigenvalue weighted by atomic mass is 19.3.